The van der Waals surface area contributed by atoms with E-state index in [4.69, 9.17) is 9.47 Å². The van der Waals surface area contributed by atoms with E-state index in [-0.39, 0.29) is 6.04 Å². The van der Waals surface area contributed by atoms with Gasteiger partial charge in [-0.25, -0.2) is 4.79 Å². The van der Waals surface area contributed by atoms with Crippen LogP contribution in [0.2, 0.25) is 0 Å². The second-order valence-electron chi connectivity index (χ2n) is 10.1. The van der Waals surface area contributed by atoms with Gasteiger partial charge in [-0.05, 0) is 74.4 Å². The highest BCUT2D eigenvalue weighted by atomic mass is 16.5. The number of carboxylic acid groups (broad SMARTS) is 1. The third kappa shape index (κ3) is 5.45. The molecule has 0 saturated carbocycles. The zero-order valence-electron chi connectivity index (χ0n) is 20.7. The van der Waals surface area contributed by atoms with E-state index >= 15 is 0 Å². The predicted molar refractivity (Wildman–Crippen MR) is 134 cm³/mol. The molecular weight excluding hydrogens is 428 g/mol. The first-order valence-corrected chi connectivity index (χ1v) is 12.4. The fraction of sp³-hybridized carbons (Fsp3) is 0.536. The molecule has 2 aromatic rings. The van der Waals surface area contributed by atoms with Gasteiger partial charge < -0.3 is 19.5 Å². The zero-order chi connectivity index (χ0) is 24.1. The Bertz CT molecular complexity index is 934. The van der Waals surface area contributed by atoms with Crippen molar-refractivity contribution in [2.45, 2.75) is 51.3 Å². The van der Waals surface area contributed by atoms with Crippen LogP contribution in [-0.2, 0) is 21.6 Å². The lowest BCUT2D eigenvalue weighted by atomic mass is 9.84. The summed E-state index contributed by atoms with van der Waals surface area (Å²) in [6, 6.07) is 16.8. The van der Waals surface area contributed by atoms with Gasteiger partial charge in [0.05, 0.1) is 25.4 Å². The Kier molecular flexibility index (Phi) is 7.91. The summed E-state index contributed by atoms with van der Waals surface area (Å²) in [5.74, 6) is 0.449. The molecular formula is C28H38N2O4. The van der Waals surface area contributed by atoms with Crippen LogP contribution in [0.1, 0.15) is 44.2 Å². The van der Waals surface area contributed by atoms with Crippen LogP contribution >= 0.6 is 0 Å². The van der Waals surface area contributed by atoms with Crippen molar-refractivity contribution in [2.75, 3.05) is 40.0 Å². The van der Waals surface area contributed by atoms with Crippen molar-refractivity contribution in [1.29, 1.82) is 0 Å². The van der Waals surface area contributed by atoms with Crippen LogP contribution in [0.3, 0.4) is 0 Å². The SMILES string of the molecule is COCCOCc1ccc(-c2ccc(C(C)(C)N(C(=O)O)C3CCN4CCC3CC4)cc2)cc1. The summed E-state index contributed by atoms with van der Waals surface area (Å²) in [5, 5.41) is 10.3. The molecule has 1 amide bonds. The lowest BCUT2D eigenvalue weighted by Crippen LogP contribution is -2.53. The highest BCUT2D eigenvalue weighted by molar-refractivity contribution is 5.68. The third-order valence-corrected chi connectivity index (χ3v) is 7.64. The van der Waals surface area contributed by atoms with E-state index in [1.807, 2.05) is 13.8 Å². The topological polar surface area (TPSA) is 62.2 Å². The smallest absolute Gasteiger partial charge is 0.408 e. The Labute approximate surface area is 203 Å². The van der Waals surface area contributed by atoms with Crippen molar-refractivity contribution in [3.63, 3.8) is 0 Å². The molecule has 3 saturated heterocycles. The maximum absolute atomic E-state index is 12.5. The number of ether oxygens (including phenoxy) is 2. The molecule has 1 N–H and O–H groups in total. The first-order valence-electron chi connectivity index (χ1n) is 12.4. The van der Waals surface area contributed by atoms with Gasteiger partial charge >= 0.3 is 6.09 Å². The minimum Gasteiger partial charge on any atom is -0.465 e. The summed E-state index contributed by atoms with van der Waals surface area (Å²) in [7, 11) is 1.67. The second-order valence-corrected chi connectivity index (χ2v) is 10.1. The summed E-state index contributed by atoms with van der Waals surface area (Å²) in [5.41, 5.74) is 3.81. The summed E-state index contributed by atoms with van der Waals surface area (Å²) in [6.07, 6.45) is 2.29. The normalized spacial score (nSPS) is 22.4. The van der Waals surface area contributed by atoms with Gasteiger partial charge in [0.15, 0.2) is 0 Å². The molecule has 2 bridgehead atoms. The van der Waals surface area contributed by atoms with Gasteiger partial charge in [-0.3, -0.25) is 4.90 Å². The van der Waals surface area contributed by atoms with E-state index in [1.165, 1.54) is 0 Å². The fourth-order valence-corrected chi connectivity index (χ4v) is 5.58. The predicted octanol–water partition coefficient (Wildman–Crippen LogP) is 5.22. The quantitative estimate of drug-likeness (QED) is 0.514. The van der Waals surface area contributed by atoms with Crippen molar-refractivity contribution < 1.29 is 19.4 Å². The van der Waals surface area contributed by atoms with Crippen LogP contribution in [-0.4, -0.2) is 67.0 Å². The van der Waals surface area contributed by atoms with E-state index in [0.717, 1.165) is 61.2 Å². The lowest BCUT2D eigenvalue weighted by molar-refractivity contribution is 0.0355. The van der Waals surface area contributed by atoms with Crippen molar-refractivity contribution >= 4 is 6.09 Å². The first-order chi connectivity index (χ1) is 16.4. The number of hydrogen-bond acceptors (Lipinski definition) is 4. The standard InChI is InChI=1S/C28H38N2O4/c1-28(2,30(27(31)32)26-14-17-29-15-12-24(26)13-16-29)25-10-8-23(9-11-25)22-6-4-21(5-7-22)20-34-19-18-33-3/h4-11,24,26H,12-20H2,1-3H3,(H,31,32). The van der Waals surface area contributed by atoms with Gasteiger partial charge in [-0.1, -0.05) is 48.5 Å². The molecule has 3 fully saturated rings. The summed E-state index contributed by atoms with van der Waals surface area (Å²) in [4.78, 5) is 16.8. The van der Waals surface area contributed by atoms with Gasteiger partial charge in [-0.2, -0.15) is 0 Å². The number of benzene rings is 2. The van der Waals surface area contributed by atoms with Crippen molar-refractivity contribution in [1.82, 2.24) is 9.80 Å². The zero-order valence-corrected chi connectivity index (χ0v) is 20.7. The van der Waals surface area contributed by atoms with Gasteiger partial charge in [0, 0.05) is 19.7 Å². The molecule has 6 heteroatoms. The number of nitrogens with zero attached hydrogens (tertiary/aromatic N) is 2. The molecule has 3 aliphatic rings. The lowest BCUT2D eigenvalue weighted by Gasteiger charge is -2.45. The van der Waals surface area contributed by atoms with Crippen molar-refractivity contribution in [3.8, 4) is 11.1 Å². The van der Waals surface area contributed by atoms with Gasteiger partial charge in [0.1, 0.15) is 0 Å². The minimum atomic E-state index is -0.817. The van der Waals surface area contributed by atoms with Gasteiger partial charge in [0.2, 0.25) is 0 Å². The number of carbonyl (C=O) groups is 1. The first kappa shape index (κ1) is 24.7. The monoisotopic (exact) mass is 466 g/mol. The summed E-state index contributed by atoms with van der Waals surface area (Å²) in [6.45, 7) is 9.04. The Morgan fingerprint density at radius 2 is 1.56 bits per heavy atom. The third-order valence-electron chi connectivity index (χ3n) is 7.64. The maximum atomic E-state index is 12.5. The van der Waals surface area contributed by atoms with Crippen molar-refractivity contribution in [3.05, 3.63) is 59.7 Å². The fourth-order valence-electron chi connectivity index (χ4n) is 5.58. The van der Waals surface area contributed by atoms with Gasteiger partial charge in [0.25, 0.3) is 0 Å². The Hall–Kier alpha value is -2.41. The molecule has 0 radical (unpaired) electrons. The van der Waals surface area contributed by atoms with Crippen molar-refractivity contribution in [2.24, 2.45) is 5.92 Å². The average molecular weight is 467 g/mol. The van der Waals surface area contributed by atoms with Crippen LogP contribution in [0.5, 0.6) is 0 Å². The van der Waals surface area contributed by atoms with E-state index in [2.05, 4.69) is 53.4 Å². The molecule has 1 unspecified atom stereocenters. The van der Waals surface area contributed by atoms with E-state index < -0.39 is 11.6 Å². The molecule has 3 aliphatic heterocycles. The molecule has 1 atom stereocenters. The number of hydrogen-bond donors (Lipinski definition) is 1. The molecule has 34 heavy (non-hydrogen) atoms. The van der Waals surface area contributed by atoms with E-state index in [0.29, 0.717) is 25.7 Å². The highest BCUT2D eigenvalue weighted by Gasteiger charge is 2.43. The molecule has 0 spiro atoms. The molecule has 184 valence electrons. The van der Waals surface area contributed by atoms with E-state index in [1.54, 1.807) is 12.0 Å². The number of methoxy groups -OCH3 is 1. The van der Waals surface area contributed by atoms with Crippen LogP contribution < -0.4 is 0 Å². The summed E-state index contributed by atoms with van der Waals surface area (Å²) >= 11 is 0. The number of fused-ring (bicyclic) bond motifs is 4. The molecule has 0 aromatic heterocycles. The maximum Gasteiger partial charge on any atom is 0.408 e. The van der Waals surface area contributed by atoms with E-state index in [9.17, 15) is 9.90 Å². The molecule has 6 nitrogen and oxygen atoms in total. The minimum absolute atomic E-state index is 0.0679. The Morgan fingerprint density at radius 1 is 0.971 bits per heavy atom. The number of piperidine rings is 1. The molecule has 2 aromatic carbocycles. The largest absolute Gasteiger partial charge is 0.465 e. The van der Waals surface area contributed by atoms with Gasteiger partial charge in [-0.15, -0.1) is 0 Å². The van der Waals surface area contributed by atoms with Crippen LogP contribution in [0.4, 0.5) is 4.79 Å². The van der Waals surface area contributed by atoms with Crippen LogP contribution in [0.15, 0.2) is 48.5 Å². The number of rotatable bonds is 9. The Morgan fingerprint density at radius 3 is 2.15 bits per heavy atom. The highest BCUT2D eigenvalue weighted by Crippen LogP contribution is 2.38. The second kappa shape index (κ2) is 10.9. The molecule has 3 heterocycles. The van der Waals surface area contributed by atoms with Crippen LogP contribution in [0.25, 0.3) is 11.1 Å². The van der Waals surface area contributed by atoms with Crippen LogP contribution in [0, 0.1) is 5.92 Å². The molecule has 0 aliphatic carbocycles. The summed E-state index contributed by atoms with van der Waals surface area (Å²) < 4.78 is 10.6. The number of amides is 1. The molecule has 5 rings (SSSR count). The average Bonchev–Trinajstić information content (AvgIpc) is 3.16. The Balaban J connectivity index is 1.48.